The van der Waals surface area contributed by atoms with Gasteiger partial charge < -0.3 is 25.0 Å². The molecule has 3 amide bonds. The number of anilines is 4. The molecule has 6 aromatic rings. The second-order valence-corrected chi connectivity index (χ2v) is 17.3. The lowest BCUT2D eigenvalue weighted by atomic mass is 9.86. The topological polar surface area (TPSA) is 188 Å². The Morgan fingerprint density at radius 3 is 2.35 bits per heavy atom. The predicted octanol–water partition coefficient (Wildman–Crippen LogP) is 4.14. The van der Waals surface area contributed by atoms with E-state index in [1.54, 1.807) is 6.33 Å². The van der Waals surface area contributed by atoms with Crippen molar-refractivity contribution in [2.75, 3.05) is 60.9 Å². The Morgan fingerprint density at radius 1 is 0.810 bits per heavy atom. The molecule has 0 spiro atoms. The molecular formula is C46H51N13O4. The molecule has 1 saturated carbocycles. The van der Waals surface area contributed by atoms with Gasteiger partial charge in [0.1, 0.15) is 17.9 Å². The van der Waals surface area contributed by atoms with Gasteiger partial charge in [-0.1, -0.05) is 35.5 Å². The highest BCUT2D eigenvalue weighted by molar-refractivity contribution is 5.99. The first-order chi connectivity index (χ1) is 30.8. The van der Waals surface area contributed by atoms with E-state index in [0.29, 0.717) is 29.1 Å². The van der Waals surface area contributed by atoms with Crippen LogP contribution in [0.4, 0.5) is 22.9 Å². The zero-order chi connectivity index (χ0) is 42.9. The van der Waals surface area contributed by atoms with Crippen LogP contribution in [0.1, 0.15) is 62.6 Å². The number of carbonyl (C=O) groups is 3. The number of carbonyl (C=O) groups excluding carboxylic acids is 3. The molecule has 10 rings (SSSR count). The molecule has 0 unspecified atom stereocenters. The summed E-state index contributed by atoms with van der Waals surface area (Å²) in [6.45, 7) is 6.76. The van der Waals surface area contributed by atoms with Crippen molar-refractivity contribution in [1.82, 2.24) is 50.0 Å². The average Bonchev–Trinajstić information content (AvgIpc) is 3.73. The fourth-order valence-corrected chi connectivity index (χ4v) is 9.53. The molecule has 63 heavy (non-hydrogen) atoms. The molecule has 4 aliphatic rings. The third kappa shape index (κ3) is 8.69. The first kappa shape index (κ1) is 40.3. The van der Waals surface area contributed by atoms with Gasteiger partial charge in [0.25, 0.3) is 11.5 Å². The van der Waals surface area contributed by atoms with Gasteiger partial charge in [-0.2, -0.15) is 4.68 Å². The number of rotatable bonds is 12. The quantitative estimate of drug-likeness (QED) is 0.149. The van der Waals surface area contributed by atoms with E-state index in [9.17, 15) is 19.2 Å². The van der Waals surface area contributed by atoms with E-state index in [0.717, 1.165) is 91.4 Å². The molecule has 1 aliphatic carbocycles. The highest BCUT2D eigenvalue weighted by Crippen LogP contribution is 2.36. The zero-order valence-electron chi connectivity index (χ0n) is 35.1. The van der Waals surface area contributed by atoms with Crippen LogP contribution in [0.5, 0.6) is 0 Å². The van der Waals surface area contributed by atoms with Gasteiger partial charge in [0, 0.05) is 74.8 Å². The second-order valence-electron chi connectivity index (χ2n) is 17.3. The lowest BCUT2D eigenvalue weighted by Crippen LogP contribution is -2.47. The number of nitrogens with zero attached hydrogens (tertiary/aromatic N) is 10. The van der Waals surface area contributed by atoms with Crippen molar-refractivity contribution in [2.45, 2.75) is 69.5 Å². The Kier molecular flexibility index (Phi) is 11.2. The summed E-state index contributed by atoms with van der Waals surface area (Å²) in [7, 11) is 0. The van der Waals surface area contributed by atoms with Crippen LogP contribution < -0.4 is 31.3 Å². The minimum Gasteiger partial charge on any atom is -0.372 e. The van der Waals surface area contributed by atoms with Crippen molar-refractivity contribution in [3.63, 3.8) is 0 Å². The van der Waals surface area contributed by atoms with Crippen LogP contribution in [0.25, 0.3) is 22.1 Å². The van der Waals surface area contributed by atoms with Crippen LogP contribution in [-0.2, 0) is 20.8 Å². The van der Waals surface area contributed by atoms with E-state index in [1.165, 1.54) is 24.9 Å². The molecule has 324 valence electrons. The van der Waals surface area contributed by atoms with Crippen molar-refractivity contribution in [3.05, 3.63) is 101 Å². The number of piperidine rings is 2. The number of benzene rings is 3. The summed E-state index contributed by atoms with van der Waals surface area (Å²) in [6.07, 6.45) is 9.39. The summed E-state index contributed by atoms with van der Waals surface area (Å²) >= 11 is 0. The largest absolute Gasteiger partial charge is 0.372 e. The fourth-order valence-electron chi connectivity index (χ4n) is 9.53. The standard InChI is InChI=1S/C46H51N13O4/c60-40-13-12-39(45(62)52-40)59-46(63)37-27-35(10-11-38(37)53-54-59)57-22-20-55(21-23-57)17-14-30-15-18-56(19-16-30)34-8-6-32(7-9-34)51-43-42-44(48-28-47-43)58(29-49-42)36-25-33(26-36)50-41(61)24-31-4-2-1-3-5-31/h1-11,27-30,33,36,39H,12-26H2,(H,50,61)(H,47,48,51)(H,52,60,62)/t33?,36?,39-/m0/s1. The molecule has 17 heteroatoms. The van der Waals surface area contributed by atoms with Gasteiger partial charge in [-0.05, 0) is 99.0 Å². The van der Waals surface area contributed by atoms with Gasteiger partial charge in [0.2, 0.25) is 11.8 Å². The Morgan fingerprint density at radius 2 is 1.57 bits per heavy atom. The Balaban J connectivity index is 0.667. The number of aromatic nitrogens is 7. The van der Waals surface area contributed by atoms with Crippen LogP contribution in [0.3, 0.4) is 0 Å². The van der Waals surface area contributed by atoms with E-state index in [2.05, 4.69) is 79.8 Å². The predicted molar refractivity (Wildman–Crippen MR) is 239 cm³/mol. The van der Waals surface area contributed by atoms with E-state index in [1.807, 2.05) is 54.9 Å². The third-order valence-electron chi connectivity index (χ3n) is 13.3. The van der Waals surface area contributed by atoms with Gasteiger partial charge in [-0.25, -0.2) is 15.0 Å². The third-order valence-corrected chi connectivity index (χ3v) is 13.3. The summed E-state index contributed by atoms with van der Waals surface area (Å²) in [6, 6.07) is 23.6. The number of piperazine rings is 1. The highest BCUT2D eigenvalue weighted by Gasteiger charge is 2.34. The van der Waals surface area contributed by atoms with E-state index in [-0.39, 0.29) is 42.3 Å². The van der Waals surface area contributed by atoms with Crippen molar-refractivity contribution in [2.24, 2.45) is 5.92 Å². The Bertz CT molecular complexity index is 2680. The molecule has 3 N–H and O–H groups in total. The van der Waals surface area contributed by atoms with Crippen molar-refractivity contribution in [1.29, 1.82) is 0 Å². The minimum atomic E-state index is -0.842. The van der Waals surface area contributed by atoms with Crippen LogP contribution in [-0.4, -0.2) is 109 Å². The maximum absolute atomic E-state index is 13.4. The number of hydrogen-bond acceptors (Lipinski definition) is 13. The Labute approximate surface area is 363 Å². The molecular weight excluding hydrogens is 799 g/mol. The summed E-state index contributed by atoms with van der Waals surface area (Å²) in [5, 5.41) is 17.6. The molecule has 0 bridgehead atoms. The Hall–Kier alpha value is -6.75. The number of imidazole rings is 1. The number of fused-ring (bicyclic) bond motifs is 2. The summed E-state index contributed by atoms with van der Waals surface area (Å²) in [5.74, 6) is 0.555. The fraction of sp³-hybridized carbons (Fsp3) is 0.413. The summed E-state index contributed by atoms with van der Waals surface area (Å²) < 4.78 is 3.22. The first-order valence-corrected chi connectivity index (χ1v) is 22.1. The van der Waals surface area contributed by atoms with Crippen LogP contribution in [0.2, 0.25) is 0 Å². The SMILES string of the molecule is O=C1CC[C@H](n2nnc3ccc(N4CCN(CCC5CCN(c6ccc(Nc7ncnc8c7ncn8C7CC(NC(=O)Cc8ccccc8)C7)cc6)CC5)CC4)cc3c2=O)C(=O)N1. The van der Waals surface area contributed by atoms with Crippen LogP contribution in [0, 0.1) is 5.92 Å². The maximum Gasteiger partial charge on any atom is 0.278 e. The highest BCUT2D eigenvalue weighted by atomic mass is 16.2. The molecule has 3 aliphatic heterocycles. The number of amides is 3. The number of imide groups is 1. The number of hydrogen-bond donors (Lipinski definition) is 3. The van der Waals surface area contributed by atoms with Crippen LogP contribution >= 0.6 is 0 Å². The van der Waals surface area contributed by atoms with E-state index >= 15 is 0 Å². The van der Waals surface area contributed by atoms with Crippen molar-refractivity contribution >= 4 is 62.7 Å². The molecule has 3 saturated heterocycles. The lowest BCUT2D eigenvalue weighted by Gasteiger charge is -2.38. The van der Waals surface area contributed by atoms with E-state index < -0.39 is 11.9 Å². The van der Waals surface area contributed by atoms with Gasteiger partial charge in [-0.3, -0.25) is 29.4 Å². The summed E-state index contributed by atoms with van der Waals surface area (Å²) in [4.78, 5) is 71.2. The second kappa shape index (κ2) is 17.6. The van der Waals surface area contributed by atoms with Gasteiger partial charge >= 0.3 is 0 Å². The molecule has 3 aromatic carbocycles. The zero-order valence-corrected chi connectivity index (χ0v) is 35.1. The van der Waals surface area contributed by atoms with Crippen LogP contribution in [0.15, 0.2) is 90.2 Å². The van der Waals surface area contributed by atoms with Crippen molar-refractivity contribution < 1.29 is 14.4 Å². The molecule has 0 radical (unpaired) electrons. The molecule has 1 atom stereocenters. The minimum absolute atomic E-state index is 0.0499. The van der Waals surface area contributed by atoms with Gasteiger partial charge in [-0.15, -0.1) is 5.10 Å². The van der Waals surface area contributed by atoms with E-state index in [4.69, 9.17) is 4.98 Å². The van der Waals surface area contributed by atoms with Gasteiger partial charge in [0.15, 0.2) is 17.0 Å². The molecule has 17 nitrogen and oxygen atoms in total. The smallest absolute Gasteiger partial charge is 0.278 e. The number of nitrogens with one attached hydrogen (secondary N) is 3. The first-order valence-electron chi connectivity index (χ1n) is 22.1. The van der Waals surface area contributed by atoms with Gasteiger partial charge in [0.05, 0.1) is 18.1 Å². The average molecular weight is 850 g/mol. The molecule has 3 aromatic heterocycles. The summed E-state index contributed by atoms with van der Waals surface area (Å²) in [5.41, 5.74) is 5.76. The molecule has 4 fully saturated rings. The maximum atomic E-state index is 13.4. The normalized spacial score (nSPS) is 21.0. The lowest BCUT2D eigenvalue weighted by molar-refractivity contribution is -0.136. The molecule has 6 heterocycles. The monoisotopic (exact) mass is 849 g/mol. The van der Waals surface area contributed by atoms with Crippen molar-refractivity contribution in [3.8, 4) is 0 Å².